The van der Waals surface area contributed by atoms with Crippen molar-refractivity contribution in [2.24, 2.45) is 7.05 Å². The highest BCUT2D eigenvalue weighted by atomic mass is 19.1. The third-order valence-corrected chi connectivity index (χ3v) is 3.67. The van der Waals surface area contributed by atoms with E-state index in [2.05, 4.69) is 14.9 Å². The van der Waals surface area contributed by atoms with Gasteiger partial charge in [-0.05, 0) is 24.3 Å². The molecule has 2 aromatic rings. The predicted molar refractivity (Wildman–Crippen MR) is 73.9 cm³/mol. The Bertz CT molecular complexity index is 593. The van der Waals surface area contributed by atoms with Crippen LogP contribution in [0, 0.1) is 5.82 Å². The average molecular weight is 260 g/mol. The number of likely N-dealkylation sites (N-methyl/N-ethyl adjacent to an activating group) is 1. The van der Waals surface area contributed by atoms with Crippen molar-refractivity contribution in [3.8, 4) is 0 Å². The van der Waals surface area contributed by atoms with Crippen molar-refractivity contribution in [1.29, 1.82) is 0 Å². The standard InChI is InChI=1S/C14H17FN4/c1-17-7-8-19(10-12-5-6-16-18(12)2)13-4-3-11(15)9-14(13)17/h3-6,9H,7-8,10H2,1-2H3. The number of rotatable bonds is 2. The van der Waals surface area contributed by atoms with Gasteiger partial charge in [0.25, 0.3) is 0 Å². The molecule has 1 aliphatic heterocycles. The van der Waals surface area contributed by atoms with Crippen LogP contribution in [0.4, 0.5) is 15.8 Å². The van der Waals surface area contributed by atoms with Crippen LogP contribution in [0.1, 0.15) is 5.69 Å². The van der Waals surface area contributed by atoms with Gasteiger partial charge in [0.15, 0.2) is 0 Å². The van der Waals surface area contributed by atoms with Gasteiger partial charge < -0.3 is 9.80 Å². The Labute approximate surface area is 112 Å². The van der Waals surface area contributed by atoms with Crippen molar-refractivity contribution in [2.45, 2.75) is 6.54 Å². The van der Waals surface area contributed by atoms with Gasteiger partial charge in [-0.3, -0.25) is 4.68 Å². The van der Waals surface area contributed by atoms with Crippen LogP contribution in [0.15, 0.2) is 30.5 Å². The summed E-state index contributed by atoms with van der Waals surface area (Å²) in [5.74, 6) is -0.187. The minimum absolute atomic E-state index is 0.187. The molecule has 2 heterocycles. The van der Waals surface area contributed by atoms with E-state index in [4.69, 9.17) is 0 Å². The molecule has 0 saturated carbocycles. The summed E-state index contributed by atoms with van der Waals surface area (Å²) in [4.78, 5) is 4.37. The van der Waals surface area contributed by atoms with E-state index in [1.54, 1.807) is 12.3 Å². The molecule has 0 spiro atoms. The van der Waals surface area contributed by atoms with Crippen molar-refractivity contribution in [1.82, 2.24) is 9.78 Å². The zero-order chi connectivity index (χ0) is 13.4. The molecule has 0 atom stereocenters. The Balaban J connectivity index is 1.93. The maximum absolute atomic E-state index is 13.4. The lowest BCUT2D eigenvalue weighted by Gasteiger charge is -2.37. The largest absolute Gasteiger partial charge is 0.371 e. The van der Waals surface area contributed by atoms with Crippen molar-refractivity contribution in [3.05, 3.63) is 42.0 Å². The molecule has 0 unspecified atom stereocenters. The third kappa shape index (κ3) is 2.16. The molecule has 0 aliphatic carbocycles. The molecule has 4 nitrogen and oxygen atoms in total. The van der Waals surface area contributed by atoms with Crippen LogP contribution < -0.4 is 9.80 Å². The van der Waals surface area contributed by atoms with Crippen LogP contribution in [0.3, 0.4) is 0 Å². The van der Waals surface area contributed by atoms with Gasteiger partial charge in [0, 0.05) is 33.4 Å². The van der Waals surface area contributed by atoms with Gasteiger partial charge in [0.1, 0.15) is 5.82 Å². The summed E-state index contributed by atoms with van der Waals surface area (Å²) in [7, 11) is 3.94. The number of hydrogen-bond donors (Lipinski definition) is 0. The van der Waals surface area contributed by atoms with Crippen molar-refractivity contribution < 1.29 is 4.39 Å². The number of nitrogens with zero attached hydrogens (tertiary/aromatic N) is 4. The number of benzene rings is 1. The van der Waals surface area contributed by atoms with E-state index in [9.17, 15) is 4.39 Å². The summed E-state index contributed by atoms with van der Waals surface area (Å²) in [6, 6.07) is 7.00. The second kappa shape index (κ2) is 4.57. The number of anilines is 2. The fourth-order valence-electron chi connectivity index (χ4n) is 2.50. The van der Waals surface area contributed by atoms with Gasteiger partial charge >= 0.3 is 0 Å². The monoisotopic (exact) mass is 260 g/mol. The van der Waals surface area contributed by atoms with Crippen LogP contribution in [-0.4, -0.2) is 29.9 Å². The normalized spacial score (nSPS) is 14.7. The maximum atomic E-state index is 13.4. The molecule has 0 saturated heterocycles. The smallest absolute Gasteiger partial charge is 0.125 e. The number of aromatic nitrogens is 2. The minimum Gasteiger partial charge on any atom is -0.371 e. The topological polar surface area (TPSA) is 24.3 Å². The second-order valence-electron chi connectivity index (χ2n) is 4.92. The van der Waals surface area contributed by atoms with E-state index >= 15 is 0 Å². The maximum Gasteiger partial charge on any atom is 0.125 e. The molecule has 19 heavy (non-hydrogen) atoms. The van der Waals surface area contributed by atoms with E-state index in [-0.39, 0.29) is 5.82 Å². The number of aryl methyl sites for hydroxylation is 1. The summed E-state index contributed by atoms with van der Waals surface area (Å²) in [5, 5.41) is 4.19. The molecule has 3 rings (SSSR count). The molecule has 0 amide bonds. The van der Waals surface area contributed by atoms with Gasteiger partial charge in [-0.2, -0.15) is 5.10 Å². The lowest BCUT2D eigenvalue weighted by atomic mass is 10.1. The quantitative estimate of drug-likeness (QED) is 0.825. The zero-order valence-corrected chi connectivity index (χ0v) is 11.2. The first-order chi connectivity index (χ1) is 9.15. The molecule has 0 bridgehead atoms. The molecule has 0 radical (unpaired) electrons. The van der Waals surface area contributed by atoms with Crippen molar-refractivity contribution >= 4 is 11.4 Å². The summed E-state index contributed by atoms with van der Waals surface area (Å²) in [5.41, 5.74) is 3.18. The van der Waals surface area contributed by atoms with Crippen LogP contribution in [0.25, 0.3) is 0 Å². The lowest BCUT2D eigenvalue weighted by molar-refractivity contribution is 0.622. The molecule has 0 N–H and O–H groups in total. The Hall–Kier alpha value is -2.04. The van der Waals surface area contributed by atoms with E-state index in [1.165, 1.54) is 6.07 Å². The Morgan fingerprint density at radius 2 is 2.00 bits per heavy atom. The van der Waals surface area contributed by atoms with Crippen molar-refractivity contribution in [2.75, 3.05) is 29.9 Å². The minimum atomic E-state index is -0.187. The average Bonchev–Trinajstić information content (AvgIpc) is 2.79. The Morgan fingerprint density at radius 1 is 1.16 bits per heavy atom. The molecule has 1 aromatic heterocycles. The fraction of sp³-hybridized carbons (Fsp3) is 0.357. The first-order valence-corrected chi connectivity index (χ1v) is 6.37. The fourth-order valence-corrected chi connectivity index (χ4v) is 2.50. The summed E-state index contributed by atoms with van der Waals surface area (Å²) >= 11 is 0. The highest BCUT2D eigenvalue weighted by Crippen LogP contribution is 2.33. The van der Waals surface area contributed by atoms with Gasteiger partial charge in [0.2, 0.25) is 0 Å². The summed E-state index contributed by atoms with van der Waals surface area (Å²) in [6.45, 7) is 2.62. The highest BCUT2D eigenvalue weighted by molar-refractivity contribution is 5.73. The summed E-state index contributed by atoms with van der Waals surface area (Å²) < 4.78 is 15.3. The Kier molecular flexibility index (Phi) is 2.89. The summed E-state index contributed by atoms with van der Waals surface area (Å²) in [6.07, 6.45) is 1.80. The number of fused-ring (bicyclic) bond motifs is 1. The van der Waals surface area contributed by atoms with E-state index in [0.29, 0.717) is 0 Å². The first kappa shape index (κ1) is 12.0. The molecule has 100 valence electrons. The second-order valence-corrected chi connectivity index (χ2v) is 4.92. The van der Waals surface area contributed by atoms with Crippen LogP contribution >= 0.6 is 0 Å². The van der Waals surface area contributed by atoms with Crippen LogP contribution in [0.5, 0.6) is 0 Å². The molecule has 0 fully saturated rings. The Morgan fingerprint density at radius 3 is 2.74 bits per heavy atom. The molecular formula is C14H17FN4. The lowest BCUT2D eigenvalue weighted by Crippen LogP contribution is -2.39. The SMILES string of the molecule is CN1CCN(Cc2ccnn2C)c2ccc(F)cc21. The van der Waals surface area contributed by atoms with Crippen molar-refractivity contribution in [3.63, 3.8) is 0 Å². The molecular weight excluding hydrogens is 243 g/mol. The molecule has 1 aromatic carbocycles. The van der Waals surface area contributed by atoms with Gasteiger partial charge in [0.05, 0.1) is 23.6 Å². The third-order valence-electron chi connectivity index (χ3n) is 3.67. The predicted octanol–water partition coefficient (Wildman–Crippen LogP) is 2.02. The van der Waals surface area contributed by atoms with E-state index in [1.807, 2.05) is 30.9 Å². The zero-order valence-electron chi connectivity index (χ0n) is 11.2. The highest BCUT2D eigenvalue weighted by Gasteiger charge is 2.21. The van der Waals surface area contributed by atoms with Crippen LogP contribution in [0.2, 0.25) is 0 Å². The van der Waals surface area contributed by atoms with E-state index in [0.717, 1.165) is 36.7 Å². The number of hydrogen-bond acceptors (Lipinski definition) is 3. The molecule has 1 aliphatic rings. The van der Waals surface area contributed by atoms with Crippen LogP contribution in [-0.2, 0) is 13.6 Å². The van der Waals surface area contributed by atoms with E-state index < -0.39 is 0 Å². The van der Waals surface area contributed by atoms with Gasteiger partial charge in [-0.15, -0.1) is 0 Å². The van der Waals surface area contributed by atoms with Gasteiger partial charge in [-0.1, -0.05) is 0 Å². The molecule has 5 heteroatoms. The first-order valence-electron chi connectivity index (χ1n) is 6.37. The number of halogens is 1. The van der Waals surface area contributed by atoms with Gasteiger partial charge in [-0.25, -0.2) is 4.39 Å².